The molecule has 1 aromatic carbocycles. The molecule has 2 rings (SSSR count). The van der Waals surface area contributed by atoms with Crippen LogP contribution in [-0.4, -0.2) is 12.0 Å². The second-order valence-electron chi connectivity index (χ2n) is 4.42. The van der Waals surface area contributed by atoms with Crippen LogP contribution in [-0.2, 0) is 6.42 Å². The molecular formula is C15H17ClN2. The Morgan fingerprint density at radius 3 is 2.44 bits per heavy atom. The Kier molecular flexibility index (Phi) is 4.34. The van der Waals surface area contributed by atoms with E-state index in [-0.39, 0.29) is 6.04 Å². The van der Waals surface area contributed by atoms with E-state index in [9.17, 15) is 0 Å². The van der Waals surface area contributed by atoms with Crippen molar-refractivity contribution in [2.24, 2.45) is 0 Å². The summed E-state index contributed by atoms with van der Waals surface area (Å²) in [5, 5.41) is 4.08. The zero-order valence-corrected chi connectivity index (χ0v) is 11.4. The van der Waals surface area contributed by atoms with Crippen molar-refractivity contribution in [3.8, 4) is 0 Å². The van der Waals surface area contributed by atoms with E-state index in [1.807, 2.05) is 32.3 Å². The normalized spacial score (nSPS) is 12.4. The summed E-state index contributed by atoms with van der Waals surface area (Å²) in [6, 6.07) is 12.4. The van der Waals surface area contributed by atoms with Crippen LogP contribution < -0.4 is 5.32 Å². The van der Waals surface area contributed by atoms with Crippen LogP contribution >= 0.6 is 11.6 Å². The highest BCUT2D eigenvalue weighted by atomic mass is 35.5. The molecule has 0 saturated carbocycles. The third kappa shape index (κ3) is 3.31. The van der Waals surface area contributed by atoms with Crippen molar-refractivity contribution in [1.29, 1.82) is 0 Å². The molecule has 1 N–H and O–H groups in total. The zero-order chi connectivity index (χ0) is 13.0. The summed E-state index contributed by atoms with van der Waals surface area (Å²) >= 11 is 5.90. The lowest BCUT2D eigenvalue weighted by molar-refractivity contribution is 0.584. The molecule has 0 aliphatic heterocycles. The maximum Gasteiger partial charge on any atom is 0.0422 e. The Morgan fingerprint density at radius 2 is 1.89 bits per heavy atom. The third-order valence-electron chi connectivity index (χ3n) is 3.01. The zero-order valence-electron chi connectivity index (χ0n) is 10.7. The van der Waals surface area contributed by atoms with Gasteiger partial charge in [-0.25, -0.2) is 0 Å². The molecule has 0 amide bonds. The van der Waals surface area contributed by atoms with E-state index in [0.29, 0.717) is 0 Å². The number of rotatable bonds is 4. The van der Waals surface area contributed by atoms with Crippen LogP contribution in [0.15, 0.2) is 42.6 Å². The second-order valence-corrected chi connectivity index (χ2v) is 4.86. The molecule has 94 valence electrons. The van der Waals surface area contributed by atoms with Gasteiger partial charge in [-0.1, -0.05) is 29.8 Å². The molecule has 0 aliphatic carbocycles. The number of hydrogen-bond acceptors (Lipinski definition) is 2. The number of nitrogens with zero attached hydrogens (tertiary/aromatic N) is 1. The third-order valence-corrected chi connectivity index (χ3v) is 3.26. The first-order valence-electron chi connectivity index (χ1n) is 6.03. The van der Waals surface area contributed by atoms with Crippen LogP contribution in [0.4, 0.5) is 0 Å². The van der Waals surface area contributed by atoms with Crippen molar-refractivity contribution in [1.82, 2.24) is 10.3 Å². The van der Waals surface area contributed by atoms with Crippen LogP contribution in [0.25, 0.3) is 0 Å². The first-order valence-corrected chi connectivity index (χ1v) is 6.41. The van der Waals surface area contributed by atoms with Gasteiger partial charge in [-0.15, -0.1) is 0 Å². The van der Waals surface area contributed by atoms with E-state index in [1.54, 1.807) is 0 Å². The van der Waals surface area contributed by atoms with Crippen molar-refractivity contribution >= 4 is 11.6 Å². The standard InChI is InChI=1S/C15H17ClN2/c1-11-3-8-14(18-10-11)9-15(17-2)12-4-6-13(16)7-5-12/h3-8,10,15,17H,9H2,1-2H3. The molecule has 18 heavy (non-hydrogen) atoms. The summed E-state index contributed by atoms with van der Waals surface area (Å²) in [4.78, 5) is 4.44. The number of hydrogen-bond donors (Lipinski definition) is 1. The molecule has 0 spiro atoms. The van der Waals surface area contributed by atoms with E-state index in [1.165, 1.54) is 11.1 Å². The molecule has 1 heterocycles. The van der Waals surface area contributed by atoms with Crippen molar-refractivity contribution in [2.45, 2.75) is 19.4 Å². The summed E-state index contributed by atoms with van der Waals surface area (Å²) in [6.07, 6.45) is 2.78. The van der Waals surface area contributed by atoms with Crippen molar-refractivity contribution in [3.63, 3.8) is 0 Å². The summed E-state index contributed by atoms with van der Waals surface area (Å²) < 4.78 is 0. The van der Waals surface area contributed by atoms with E-state index >= 15 is 0 Å². The van der Waals surface area contributed by atoms with Gasteiger partial charge in [0.05, 0.1) is 0 Å². The topological polar surface area (TPSA) is 24.9 Å². The van der Waals surface area contributed by atoms with E-state index < -0.39 is 0 Å². The van der Waals surface area contributed by atoms with E-state index in [2.05, 4.69) is 34.6 Å². The van der Waals surface area contributed by atoms with Gasteiger partial charge in [-0.3, -0.25) is 4.98 Å². The number of aromatic nitrogens is 1. The van der Waals surface area contributed by atoms with Crippen LogP contribution in [0, 0.1) is 6.92 Å². The lowest BCUT2D eigenvalue weighted by Crippen LogP contribution is -2.19. The molecule has 0 bridgehead atoms. The average Bonchev–Trinajstić information content (AvgIpc) is 2.39. The number of benzene rings is 1. The molecule has 0 radical (unpaired) electrons. The average molecular weight is 261 g/mol. The summed E-state index contributed by atoms with van der Waals surface area (Å²) in [7, 11) is 1.97. The minimum Gasteiger partial charge on any atom is -0.313 e. The van der Waals surface area contributed by atoms with Crippen molar-refractivity contribution in [2.75, 3.05) is 7.05 Å². The Labute approximate surface area is 113 Å². The minimum atomic E-state index is 0.262. The Morgan fingerprint density at radius 1 is 1.17 bits per heavy atom. The summed E-state index contributed by atoms with van der Waals surface area (Å²) in [5.41, 5.74) is 3.51. The number of halogens is 1. The molecular weight excluding hydrogens is 244 g/mol. The largest absolute Gasteiger partial charge is 0.313 e. The van der Waals surface area contributed by atoms with Gasteiger partial charge in [-0.2, -0.15) is 0 Å². The van der Waals surface area contributed by atoms with Gasteiger partial charge in [0.2, 0.25) is 0 Å². The molecule has 1 unspecified atom stereocenters. The summed E-state index contributed by atoms with van der Waals surface area (Å²) in [5.74, 6) is 0. The minimum absolute atomic E-state index is 0.262. The van der Waals surface area contributed by atoms with Crippen LogP contribution in [0.5, 0.6) is 0 Å². The number of nitrogens with one attached hydrogen (secondary N) is 1. The van der Waals surface area contributed by atoms with Gasteiger partial charge >= 0.3 is 0 Å². The number of pyridine rings is 1. The van der Waals surface area contributed by atoms with Gasteiger partial charge in [0.25, 0.3) is 0 Å². The van der Waals surface area contributed by atoms with E-state index in [0.717, 1.165) is 17.1 Å². The number of likely N-dealkylation sites (N-methyl/N-ethyl adjacent to an activating group) is 1. The van der Waals surface area contributed by atoms with Crippen LogP contribution in [0.3, 0.4) is 0 Å². The number of aryl methyl sites for hydroxylation is 1. The van der Waals surface area contributed by atoms with Gasteiger partial charge in [0.15, 0.2) is 0 Å². The van der Waals surface area contributed by atoms with Crippen molar-refractivity contribution in [3.05, 3.63) is 64.4 Å². The fourth-order valence-electron chi connectivity index (χ4n) is 1.91. The van der Waals surface area contributed by atoms with E-state index in [4.69, 9.17) is 11.6 Å². The molecule has 3 heteroatoms. The predicted molar refractivity (Wildman–Crippen MR) is 75.9 cm³/mol. The smallest absolute Gasteiger partial charge is 0.0422 e. The molecule has 1 aromatic heterocycles. The first-order chi connectivity index (χ1) is 8.69. The molecule has 0 aliphatic rings. The van der Waals surface area contributed by atoms with Gasteiger partial charge in [0.1, 0.15) is 0 Å². The SMILES string of the molecule is CNC(Cc1ccc(C)cn1)c1ccc(Cl)cc1. The predicted octanol–water partition coefficient (Wildman–Crippen LogP) is 3.55. The fraction of sp³-hybridized carbons (Fsp3) is 0.267. The van der Waals surface area contributed by atoms with Gasteiger partial charge in [-0.05, 0) is 43.3 Å². The Bertz CT molecular complexity index is 491. The molecule has 0 saturated heterocycles. The second kappa shape index (κ2) is 5.98. The lowest BCUT2D eigenvalue weighted by Gasteiger charge is -2.16. The maximum absolute atomic E-state index is 5.90. The van der Waals surface area contributed by atoms with Crippen LogP contribution in [0.2, 0.25) is 5.02 Å². The highest BCUT2D eigenvalue weighted by molar-refractivity contribution is 6.30. The molecule has 2 nitrogen and oxygen atoms in total. The highest BCUT2D eigenvalue weighted by Crippen LogP contribution is 2.19. The molecule has 0 fully saturated rings. The maximum atomic E-state index is 5.90. The fourth-order valence-corrected chi connectivity index (χ4v) is 2.04. The summed E-state index contributed by atoms with van der Waals surface area (Å²) in [6.45, 7) is 2.05. The van der Waals surface area contributed by atoms with Gasteiger partial charge < -0.3 is 5.32 Å². The van der Waals surface area contributed by atoms with Crippen LogP contribution in [0.1, 0.15) is 22.9 Å². The lowest BCUT2D eigenvalue weighted by atomic mass is 10.0. The highest BCUT2D eigenvalue weighted by Gasteiger charge is 2.10. The van der Waals surface area contributed by atoms with Crippen molar-refractivity contribution < 1.29 is 0 Å². The Balaban J connectivity index is 2.14. The van der Waals surface area contributed by atoms with Gasteiger partial charge in [0, 0.05) is 29.4 Å². The Hall–Kier alpha value is -1.38. The molecule has 2 aromatic rings. The first kappa shape index (κ1) is 13.1. The molecule has 1 atom stereocenters. The quantitative estimate of drug-likeness (QED) is 0.910. The monoisotopic (exact) mass is 260 g/mol.